The van der Waals surface area contributed by atoms with Crippen LogP contribution in [0.3, 0.4) is 0 Å². The molecule has 0 bridgehead atoms. The third-order valence-corrected chi connectivity index (χ3v) is 3.02. The maximum atomic E-state index is 10.5. The number of nitrogen functional groups attached to an aromatic ring is 1. The number of nitrogens with two attached hydrogens (primary N) is 1. The molecule has 0 heterocycles. The Bertz CT molecular complexity index is 470. The number of hydrogen-bond donors (Lipinski definition) is 2. The van der Waals surface area contributed by atoms with Gasteiger partial charge in [-0.15, -0.1) is 0 Å². The van der Waals surface area contributed by atoms with Crippen LogP contribution in [0.2, 0.25) is 0 Å². The lowest BCUT2D eigenvalue weighted by Crippen LogP contribution is -2.06. The van der Waals surface area contributed by atoms with Gasteiger partial charge in [0.2, 0.25) is 0 Å². The second kappa shape index (κ2) is 5.88. The van der Waals surface area contributed by atoms with Crippen LogP contribution in [0.1, 0.15) is 18.4 Å². The van der Waals surface area contributed by atoms with E-state index in [0.717, 1.165) is 5.56 Å². The molecule has 3 N–H and O–H groups in total. The summed E-state index contributed by atoms with van der Waals surface area (Å²) in [5, 5.41) is 0. The summed E-state index contributed by atoms with van der Waals surface area (Å²) < 4.78 is 34.8. The van der Waals surface area contributed by atoms with Crippen molar-refractivity contribution >= 4 is 15.8 Å². The van der Waals surface area contributed by atoms with Gasteiger partial charge in [0.25, 0.3) is 10.1 Å². The van der Waals surface area contributed by atoms with Crippen LogP contribution >= 0.6 is 0 Å². The fourth-order valence-electron chi connectivity index (χ4n) is 1.37. The molecule has 5 nitrogen and oxygen atoms in total. The zero-order chi connectivity index (χ0) is 12.9. The fraction of sp³-hybridized carbons (Fsp3) is 0.455. The van der Waals surface area contributed by atoms with Gasteiger partial charge in [-0.2, -0.15) is 8.42 Å². The Morgan fingerprint density at radius 1 is 1.35 bits per heavy atom. The van der Waals surface area contributed by atoms with E-state index in [0.29, 0.717) is 30.9 Å². The van der Waals surface area contributed by atoms with Gasteiger partial charge in [0, 0.05) is 0 Å². The predicted octanol–water partition coefficient (Wildman–Crippen LogP) is 1.62. The van der Waals surface area contributed by atoms with Crippen LogP contribution in [-0.2, 0) is 10.1 Å². The van der Waals surface area contributed by atoms with E-state index < -0.39 is 10.1 Å². The maximum absolute atomic E-state index is 10.5. The van der Waals surface area contributed by atoms with E-state index in [-0.39, 0.29) is 5.75 Å². The number of anilines is 1. The summed E-state index contributed by atoms with van der Waals surface area (Å²) in [4.78, 5) is 0. The van der Waals surface area contributed by atoms with Gasteiger partial charge in [-0.05, 0) is 37.5 Å². The van der Waals surface area contributed by atoms with E-state index in [4.69, 9.17) is 15.0 Å². The van der Waals surface area contributed by atoms with Crippen LogP contribution < -0.4 is 10.5 Å². The van der Waals surface area contributed by atoms with Crippen molar-refractivity contribution in [1.82, 2.24) is 0 Å². The number of unbranched alkanes of at least 4 members (excludes halogenated alkanes) is 1. The van der Waals surface area contributed by atoms with Crippen LogP contribution in [0.15, 0.2) is 18.2 Å². The minimum Gasteiger partial charge on any atom is -0.491 e. The van der Waals surface area contributed by atoms with E-state index in [1.54, 1.807) is 6.07 Å². The lowest BCUT2D eigenvalue weighted by Gasteiger charge is -2.08. The molecule has 1 aromatic rings. The third-order valence-electron chi connectivity index (χ3n) is 2.22. The normalized spacial score (nSPS) is 11.4. The highest BCUT2D eigenvalue weighted by Crippen LogP contribution is 2.22. The van der Waals surface area contributed by atoms with E-state index in [1.807, 2.05) is 19.1 Å². The Hall–Kier alpha value is -1.27. The quantitative estimate of drug-likeness (QED) is 0.460. The summed E-state index contributed by atoms with van der Waals surface area (Å²) in [7, 11) is -3.86. The molecule has 0 spiro atoms. The molecular weight excluding hydrogens is 242 g/mol. The molecule has 0 saturated carbocycles. The Kier molecular flexibility index (Phi) is 4.77. The molecule has 1 aromatic carbocycles. The van der Waals surface area contributed by atoms with Gasteiger partial charge in [-0.25, -0.2) is 0 Å². The number of benzene rings is 1. The van der Waals surface area contributed by atoms with Crippen molar-refractivity contribution in [3.63, 3.8) is 0 Å². The molecule has 0 fully saturated rings. The van der Waals surface area contributed by atoms with Gasteiger partial charge in [-0.3, -0.25) is 4.55 Å². The number of hydrogen-bond acceptors (Lipinski definition) is 4. The van der Waals surface area contributed by atoms with E-state index >= 15 is 0 Å². The van der Waals surface area contributed by atoms with Crippen LogP contribution in [0, 0.1) is 6.92 Å². The fourth-order valence-corrected chi connectivity index (χ4v) is 1.94. The monoisotopic (exact) mass is 259 g/mol. The van der Waals surface area contributed by atoms with E-state index in [2.05, 4.69) is 0 Å². The zero-order valence-corrected chi connectivity index (χ0v) is 10.5. The lowest BCUT2D eigenvalue weighted by atomic mass is 10.2. The Morgan fingerprint density at radius 3 is 2.65 bits per heavy atom. The Morgan fingerprint density at radius 2 is 2.06 bits per heavy atom. The van der Waals surface area contributed by atoms with Gasteiger partial charge >= 0.3 is 0 Å². The van der Waals surface area contributed by atoms with Crippen molar-refractivity contribution in [3.8, 4) is 5.75 Å². The molecule has 1 rings (SSSR count). The summed E-state index contributed by atoms with van der Waals surface area (Å²) in [6.07, 6.45) is 0.914. The highest BCUT2D eigenvalue weighted by atomic mass is 32.2. The highest BCUT2D eigenvalue weighted by molar-refractivity contribution is 7.85. The largest absolute Gasteiger partial charge is 0.491 e. The summed E-state index contributed by atoms with van der Waals surface area (Å²) in [6.45, 7) is 2.31. The smallest absolute Gasteiger partial charge is 0.264 e. The summed E-state index contributed by atoms with van der Waals surface area (Å²) in [5.74, 6) is 0.363. The van der Waals surface area contributed by atoms with E-state index in [1.165, 1.54) is 0 Å². The highest BCUT2D eigenvalue weighted by Gasteiger charge is 2.04. The molecule has 96 valence electrons. The number of rotatable bonds is 6. The molecule has 0 atom stereocenters. The molecule has 0 aromatic heterocycles. The molecule has 6 heteroatoms. The second-order valence-corrected chi connectivity index (χ2v) is 5.45. The minimum atomic E-state index is -3.86. The van der Waals surface area contributed by atoms with Gasteiger partial charge < -0.3 is 10.5 Å². The summed E-state index contributed by atoms with van der Waals surface area (Å²) >= 11 is 0. The van der Waals surface area contributed by atoms with Crippen molar-refractivity contribution in [2.24, 2.45) is 0 Å². The van der Waals surface area contributed by atoms with E-state index in [9.17, 15) is 8.42 Å². The van der Waals surface area contributed by atoms with Crippen molar-refractivity contribution in [2.45, 2.75) is 19.8 Å². The molecular formula is C11H17NO4S. The lowest BCUT2D eigenvalue weighted by molar-refractivity contribution is 0.310. The van der Waals surface area contributed by atoms with Gasteiger partial charge in [0.1, 0.15) is 5.75 Å². The number of ether oxygens (including phenoxy) is 1. The first-order chi connectivity index (χ1) is 7.88. The SMILES string of the molecule is Cc1ccc(OCCCCS(=O)(=O)O)c(N)c1. The zero-order valence-electron chi connectivity index (χ0n) is 9.72. The number of aryl methyl sites for hydroxylation is 1. The Labute approximate surface area is 101 Å². The molecule has 0 aliphatic carbocycles. The first kappa shape index (κ1) is 13.8. The van der Waals surface area contributed by atoms with Crippen molar-refractivity contribution in [3.05, 3.63) is 23.8 Å². The standard InChI is InChI=1S/C11H17NO4S/c1-9-4-5-11(10(12)8-9)16-6-2-3-7-17(13,14)15/h4-5,8H,2-3,6-7,12H2,1H3,(H,13,14,15). The van der Waals surface area contributed by atoms with Crippen molar-refractivity contribution < 1.29 is 17.7 Å². The topological polar surface area (TPSA) is 89.6 Å². The average molecular weight is 259 g/mol. The predicted molar refractivity (Wildman–Crippen MR) is 66.7 cm³/mol. The molecule has 0 aliphatic heterocycles. The van der Waals surface area contributed by atoms with Crippen LogP contribution in [0.4, 0.5) is 5.69 Å². The van der Waals surface area contributed by atoms with Crippen molar-refractivity contribution in [2.75, 3.05) is 18.1 Å². The summed E-state index contributed by atoms with van der Waals surface area (Å²) in [5.41, 5.74) is 7.37. The first-order valence-electron chi connectivity index (χ1n) is 5.32. The third kappa shape index (κ3) is 5.55. The minimum absolute atomic E-state index is 0.236. The second-order valence-electron chi connectivity index (χ2n) is 3.88. The molecule has 0 aliphatic rings. The molecule has 0 amide bonds. The van der Waals surface area contributed by atoms with Crippen molar-refractivity contribution in [1.29, 1.82) is 0 Å². The first-order valence-corrected chi connectivity index (χ1v) is 6.93. The maximum Gasteiger partial charge on any atom is 0.264 e. The Balaban J connectivity index is 2.32. The van der Waals surface area contributed by atoms with Crippen LogP contribution in [0.5, 0.6) is 5.75 Å². The molecule has 0 unspecified atom stereocenters. The summed E-state index contributed by atoms with van der Waals surface area (Å²) in [6, 6.07) is 5.49. The average Bonchev–Trinajstić information content (AvgIpc) is 2.18. The molecule has 17 heavy (non-hydrogen) atoms. The van der Waals surface area contributed by atoms with Gasteiger partial charge in [0.05, 0.1) is 18.0 Å². The molecule has 0 radical (unpaired) electrons. The van der Waals surface area contributed by atoms with Crippen LogP contribution in [-0.4, -0.2) is 25.3 Å². The molecule has 0 saturated heterocycles. The van der Waals surface area contributed by atoms with Crippen LogP contribution in [0.25, 0.3) is 0 Å². The van der Waals surface area contributed by atoms with Gasteiger partial charge in [-0.1, -0.05) is 6.07 Å². The van der Waals surface area contributed by atoms with Gasteiger partial charge in [0.15, 0.2) is 0 Å².